The summed E-state index contributed by atoms with van der Waals surface area (Å²) in [5, 5.41) is 3.50. The molecule has 2 rings (SSSR count). The Morgan fingerprint density at radius 1 is 1.30 bits per heavy atom. The lowest BCUT2D eigenvalue weighted by atomic mass is 10.1. The fraction of sp³-hybridized carbons (Fsp3) is 0.200. The van der Waals surface area contributed by atoms with Crippen molar-refractivity contribution < 1.29 is 4.79 Å². The number of hydrogen-bond donors (Lipinski definition) is 1. The zero-order valence-corrected chi connectivity index (χ0v) is 11.9. The Morgan fingerprint density at radius 2 is 2.10 bits per heavy atom. The lowest BCUT2D eigenvalue weighted by Crippen LogP contribution is -2.27. The van der Waals surface area contributed by atoms with Gasteiger partial charge in [-0.05, 0) is 30.2 Å². The third-order valence-corrected chi connectivity index (χ3v) is 3.17. The highest BCUT2D eigenvalue weighted by atomic mass is 35.5. The van der Waals surface area contributed by atoms with Crippen LogP contribution in [0.1, 0.15) is 15.9 Å². The van der Waals surface area contributed by atoms with Gasteiger partial charge in [0.1, 0.15) is 0 Å². The van der Waals surface area contributed by atoms with E-state index in [1.807, 2.05) is 24.3 Å². The topological polar surface area (TPSA) is 51.1 Å². The van der Waals surface area contributed by atoms with Crippen molar-refractivity contribution in [3.63, 3.8) is 0 Å². The van der Waals surface area contributed by atoms with E-state index in [0.717, 1.165) is 5.56 Å². The van der Waals surface area contributed by atoms with Crippen molar-refractivity contribution in [3.05, 3.63) is 69.1 Å². The van der Waals surface area contributed by atoms with Gasteiger partial charge in [-0.25, -0.2) is 0 Å². The molecule has 104 valence electrons. The Bertz CT molecular complexity index is 680. The first kappa shape index (κ1) is 14.3. The van der Waals surface area contributed by atoms with Crippen LogP contribution in [0.3, 0.4) is 0 Å². The van der Waals surface area contributed by atoms with Crippen molar-refractivity contribution >= 4 is 17.5 Å². The molecular formula is C15H15ClN2O2. The number of pyridine rings is 1. The minimum absolute atomic E-state index is 0.138. The molecule has 0 aliphatic heterocycles. The van der Waals surface area contributed by atoms with Crippen LogP contribution >= 0.6 is 11.6 Å². The predicted octanol–water partition coefficient (Wildman–Crippen LogP) is 2.01. The van der Waals surface area contributed by atoms with Gasteiger partial charge in [0, 0.05) is 30.9 Å². The van der Waals surface area contributed by atoms with Gasteiger partial charge in [0.15, 0.2) is 0 Å². The van der Waals surface area contributed by atoms with Crippen LogP contribution in [-0.4, -0.2) is 17.0 Å². The molecule has 5 heteroatoms. The second kappa shape index (κ2) is 6.39. The molecule has 0 aliphatic carbocycles. The number of aryl methyl sites for hydroxylation is 1. The fourth-order valence-corrected chi connectivity index (χ4v) is 2.06. The maximum Gasteiger partial charge on any atom is 0.252 e. The maximum absolute atomic E-state index is 11.9. The molecule has 1 N–H and O–H groups in total. The summed E-state index contributed by atoms with van der Waals surface area (Å²) in [6.07, 6.45) is 2.23. The van der Waals surface area contributed by atoms with Crippen molar-refractivity contribution in [2.24, 2.45) is 7.05 Å². The molecule has 0 spiro atoms. The van der Waals surface area contributed by atoms with Gasteiger partial charge in [0.2, 0.25) is 5.56 Å². The monoisotopic (exact) mass is 290 g/mol. The lowest BCUT2D eigenvalue weighted by molar-refractivity contribution is 0.0953. The number of amides is 1. The molecule has 1 amide bonds. The maximum atomic E-state index is 11.9. The summed E-state index contributed by atoms with van der Waals surface area (Å²) in [6, 6.07) is 10.4. The zero-order chi connectivity index (χ0) is 14.5. The van der Waals surface area contributed by atoms with E-state index in [1.54, 1.807) is 7.05 Å². The normalized spacial score (nSPS) is 10.3. The number of nitrogens with zero attached hydrogens (tertiary/aromatic N) is 1. The van der Waals surface area contributed by atoms with Gasteiger partial charge < -0.3 is 9.88 Å². The van der Waals surface area contributed by atoms with Gasteiger partial charge in [-0.2, -0.15) is 0 Å². The van der Waals surface area contributed by atoms with E-state index in [2.05, 4.69) is 5.32 Å². The van der Waals surface area contributed by atoms with Crippen LogP contribution in [0.15, 0.2) is 47.4 Å². The molecule has 1 aromatic carbocycles. The fourth-order valence-electron chi connectivity index (χ4n) is 1.84. The number of halogens is 1. The first-order chi connectivity index (χ1) is 9.56. The highest BCUT2D eigenvalue weighted by molar-refractivity contribution is 6.30. The number of benzene rings is 1. The summed E-state index contributed by atoms with van der Waals surface area (Å²) in [4.78, 5) is 23.2. The van der Waals surface area contributed by atoms with E-state index in [9.17, 15) is 9.59 Å². The standard InChI is InChI=1S/C15H15ClN2O2/c1-18-10-12(5-6-14(18)19)15(20)17-8-7-11-3-2-4-13(16)9-11/h2-6,9-10H,7-8H2,1H3,(H,17,20). The Kier molecular flexibility index (Phi) is 4.58. The largest absolute Gasteiger partial charge is 0.352 e. The van der Waals surface area contributed by atoms with Crippen molar-refractivity contribution in [1.82, 2.24) is 9.88 Å². The van der Waals surface area contributed by atoms with Crippen LogP contribution in [0, 0.1) is 0 Å². The lowest BCUT2D eigenvalue weighted by Gasteiger charge is -2.06. The quantitative estimate of drug-likeness (QED) is 0.936. The highest BCUT2D eigenvalue weighted by Gasteiger charge is 2.05. The van der Waals surface area contributed by atoms with E-state index in [1.165, 1.54) is 22.9 Å². The molecule has 0 saturated heterocycles. The van der Waals surface area contributed by atoms with Crippen LogP contribution in [-0.2, 0) is 13.5 Å². The summed E-state index contributed by atoms with van der Waals surface area (Å²) in [6.45, 7) is 0.516. The minimum Gasteiger partial charge on any atom is -0.352 e. The van der Waals surface area contributed by atoms with Gasteiger partial charge in [0.05, 0.1) is 5.56 Å². The Morgan fingerprint density at radius 3 is 2.80 bits per heavy atom. The number of carbonyl (C=O) groups excluding carboxylic acids is 1. The van der Waals surface area contributed by atoms with Crippen LogP contribution in [0.25, 0.3) is 0 Å². The van der Waals surface area contributed by atoms with Crippen LogP contribution in [0.4, 0.5) is 0 Å². The third-order valence-electron chi connectivity index (χ3n) is 2.94. The molecule has 20 heavy (non-hydrogen) atoms. The van der Waals surface area contributed by atoms with Gasteiger partial charge in [-0.15, -0.1) is 0 Å². The molecule has 0 radical (unpaired) electrons. The van der Waals surface area contributed by atoms with E-state index in [-0.39, 0.29) is 11.5 Å². The van der Waals surface area contributed by atoms with E-state index in [0.29, 0.717) is 23.6 Å². The Balaban J connectivity index is 1.92. The number of carbonyl (C=O) groups is 1. The second-order valence-electron chi connectivity index (χ2n) is 4.50. The number of aromatic nitrogens is 1. The first-order valence-electron chi connectivity index (χ1n) is 6.25. The van der Waals surface area contributed by atoms with Crippen molar-refractivity contribution in [1.29, 1.82) is 0 Å². The summed E-state index contributed by atoms with van der Waals surface area (Å²) in [5.41, 5.74) is 1.40. The first-order valence-corrected chi connectivity index (χ1v) is 6.63. The molecule has 0 unspecified atom stereocenters. The predicted molar refractivity (Wildman–Crippen MR) is 79.2 cm³/mol. The van der Waals surface area contributed by atoms with Crippen molar-refractivity contribution in [3.8, 4) is 0 Å². The highest BCUT2D eigenvalue weighted by Crippen LogP contribution is 2.10. The van der Waals surface area contributed by atoms with E-state index >= 15 is 0 Å². The van der Waals surface area contributed by atoms with Gasteiger partial charge in [-0.1, -0.05) is 23.7 Å². The molecule has 0 atom stereocenters. The summed E-state index contributed by atoms with van der Waals surface area (Å²) in [5.74, 6) is -0.192. The molecule has 2 aromatic rings. The van der Waals surface area contributed by atoms with Crippen LogP contribution in [0.2, 0.25) is 5.02 Å². The van der Waals surface area contributed by atoms with Gasteiger partial charge >= 0.3 is 0 Å². The second-order valence-corrected chi connectivity index (χ2v) is 4.94. The Labute approximate surface area is 122 Å². The van der Waals surface area contributed by atoms with Gasteiger partial charge in [0.25, 0.3) is 5.91 Å². The molecular weight excluding hydrogens is 276 g/mol. The molecule has 0 saturated carbocycles. The molecule has 0 bridgehead atoms. The zero-order valence-electron chi connectivity index (χ0n) is 11.1. The average Bonchev–Trinajstić information content (AvgIpc) is 2.42. The van der Waals surface area contributed by atoms with Crippen LogP contribution in [0.5, 0.6) is 0 Å². The summed E-state index contributed by atoms with van der Waals surface area (Å²) in [7, 11) is 1.62. The molecule has 0 fully saturated rings. The summed E-state index contributed by atoms with van der Waals surface area (Å²) < 4.78 is 1.38. The summed E-state index contributed by atoms with van der Waals surface area (Å²) >= 11 is 5.89. The third kappa shape index (κ3) is 3.71. The number of rotatable bonds is 4. The van der Waals surface area contributed by atoms with E-state index < -0.39 is 0 Å². The smallest absolute Gasteiger partial charge is 0.252 e. The SMILES string of the molecule is Cn1cc(C(=O)NCCc2cccc(Cl)c2)ccc1=O. The molecule has 1 heterocycles. The Hall–Kier alpha value is -2.07. The van der Waals surface area contributed by atoms with Crippen LogP contribution < -0.4 is 10.9 Å². The molecule has 0 aliphatic rings. The van der Waals surface area contributed by atoms with Crippen molar-refractivity contribution in [2.75, 3.05) is 6.54 Å². The number of hydrogen-bond acceptors (Lipinski definition) is 2. The molecule has 4 nitrogen and oxygen atoms in total. The van der Waals surface area contributed by atoms with Gasteiger partial charge in [-0.3, -0.25) is 9.59 Å². The molecule has 1 aromatic heterocycles. The average molecular weight is 291 g/mol. The minimum atomic E-state index is -0.192. The van der Waals surface area contributed by atoms with Crippen molar-refractivity contribution in [2.45, 2.75) is 6.42 Å². The van der Waals surface area contributed by atoms with E-state index in [4.69, 9.17) is 11.6 Å². The number of nitrogens with one attached hydrogen (secondary N) is 1.